The van der Waals surface area contributed by atoms with E-state index in [1.807, 2.05) is 42.5 Å². The lowest BCUT2D eigenvalue weighted by Crippen LogP contribution is -2.57. The molecule has 5 heteroatoms. The number of rotatable bonds is 3. The SMILES string of the molecule is COc1cccc(N2CCN(C(=O)c3ccccc3)[C@@H](C)C2=O)c1. The fourth-order valence-electron chi connectivity index (χ4n) is 2.93. The summed E-state index contributed by atoms with van der Waals surface area (Å²) in [6.45, 7) is 2.74. The molecular weight excluding hydrogens is 304 g/mol. The Labute approximate surface area is 141 Å². The van der Waals surface area contributed by atoms with Crippen molar-refractivity contribution in [1.82, 2.24) is 4.90 Å². The van der Waals surface area contributed by atoms with Crippen LogP contribution in [0.4, 0.5) is 5.69 Å². The minimum Gasteiger partial charge on any atom is -0.497 e. The second-order valence-electron chi connectivity index (χ2n) is 5.73. The van der Waals surface area contributed by atoms with Crippen molar-refractivity contribution in [2.75, 3.05) is 25.1 Å². The molecule has 1 aliphatic rings. The number of anilines is 1. The maximum absolute atomic E-state index is 12.8. The van der Waals surface area contributed by atoms with Gasteiger partial charge in [0.2, 0.25) is 5.91 Å². The summed E-state index contributed by atoms with van der Waals surface area (Å²) in [5.41, 5.74) is 1.39. The molecular formula is C19H20N2O3. The van der Waals surface area contributed by atoms with Crippen LogP contribution in [0.25, 0.3) is 0 Å². The predicted octanol–water partition coefficient (Wildman–Crippen LogP) is 2.57. The molecule has 0 radical (unpaired) electrons. The van der Waals surface area contributed by atoms with Crippen molar-refractivity contribution in [1.29, 1.82) is 0 Å². The molecule has 1 atom stereocenters. The number of hydrogen-bond donors (Lipinski definition) is 0. The Hall–Kier alpha value is -2.82. The zero-order valence-corrected chi connectivity index (χ0v) is 13.8. The van der Waals surface area contributed by atoms with Crippen molar-refractivity contribution in [3.05, 3.63) is 60.2 Å². The molecule has 0 aliphatic carbocycles. The van der Waals surface area contributed by atoms with Crippen molar-refractivity contribution >= 4 is 17.5 Å². The van der Waals surface area contributed by atoms with Crippen molar-refractivity contribution in [3.8, 4) is 5.75 Å². The molecule has 0 saturated carbocycles. The summed E-state index contributed by atoms with van der Waals surface area (Å²) in [5.74, 6) is 0.510. The van der Waals surface area contributed by atoms with Crippen LogP contribution in [-0.4, -0.2) is 43.0 Å². The Morgan fingerprint density at radius 3 is 2.54 bits per heavy atom. The number of carbonyl (C=O) groups is 2. The van der Waals surface area contributed by atoms with Gasteiger partial charge in [0.05, 0.1) is 7.11 Å². The molecule has 2 amide bonds. The molecule has 5 nitrogen and oxygen atoms in total. The van der Waals surface area contributed by atoms with Crippen LogP contribution in [0, 0.1) is 0 Å². The van der Waals surface area contributed by atoms with Gasteiger partial charge in [-0.15, -0.1) is 0 Å². The van der Waals surface area contributed by atoms with Crippen LogP contribution in [0.1, 0.15) is 17.3 Å². The summed E-state index contributed by atoms with van der Waals surface area (Å²) in [6, 6.07) is 16.0. The van der Waals surface area contributed by atoms with Crippen LogP contribution in [0.15, 0.2) is 54.6 Å². The lowest BCUT2D eigenvalue weighted by atomic mass is 10.1. The molecule has 0 unspecified atom stereocenters. The summed E-state index contributed by atoms with van der Waals surface area (Å²) in [5, 5.41) is 0. The summed E-state index contributed by atoms with van der Waals surface area (Å²) in [4.78, 5) is 28.7. The topological polar surface area (TPSA) is 49.9 Å². The molecule has 3 rings (SSSR count). The zero-order valence-electron chi connectivity index (χ0n) is 13.8. The predicted molar refractivity (Wildman–Crippen MR) is 92.3 cm³/mol. The van der Waals surface area contributed by atoms with Gasteiger partial charge in [0, 0.05) is 30.4 Å². The second kappa shape index (κ2) is 6.74. The summed E-state index contributed by atoms with van der Waals surface area (Å²) in [7, 11) is 1.60. The highest BCUT2D eigenvalue weighted by atomic mass is 16.5. The number of nitrogens with zero attached hydrogens (tertiary/aromatic N) is 2. The Bertz CT molecular complexity index is 745. The minimum absolute atomic E-state index is 0.0845. The molecule has 2 aromatic rings. The van der Waals surface area contributed by atoms with Crippen molar-refractivity contribution < 1.29 is 14.3 Å². The largest absolute Gasteiger partial charge is 0.497 e. The summed E-state index contributed by atoms with van der Waals surface area (Å²) < 4.78 is 5.22. The van der Waals surface area contributed by atoms with Crippen LogP contribution >= 0.6 is 0 Å². The standard InChI is InChI=1S/C19H20N2O3/c1-14-18(22)21(16-9-6-10-17(13-16)24-2)12-11-20(14)19(23)15-7-4-3-5-8-15/h3-10,13-14H,11-12H2,1-2H3/t14-/m0/s1. The summed E-state index contributed by atoms with van der Waals surface area (Å²) in [6.07, 6.45) is 0. The van der Waals surface area contributed by atoms with Gasteiger partial charge in [0.15, 0.2) is 0 Å². The third-order valence-corrected chi connectivity index (χ3v) is 4.30. The van der Waals surface area contributed by atoms with Crippen LogP contribution in [0.5, 0.6) is 5.75 Å². The van der Waals surface area contributed by atoms with Gasteiger partial charge in [-0.3, -0.25) is 9.59 Å². The smallest absolute Gasteiger partial charge is 0.254 e. The van der Waals surface area contributed by atoms with E-state index >= 15 is 0 Å². The highest BCUT2D eigenvalue weighted by Gasteiger charge is 2.35. The lowest BCUT2D eigenvalue weighted by Gasteiger charge is -2.39. The number of benzene rings is 2. The van der Waals surface area contributed by atoms with Gasteiger partial charge in [-0.1, -0.05) is 24.3 Å². The first-order chi connectivity index (χ1) is 11.6. The fraction of sp³-hybridized carbons (Fsp3) is 0.263. The Balaban J connectivity index is 1.79. The molecule has 24 heavy (non-hydrogen) atoms. The maximum Gasteiger partial charge on any atom is 0.254 e. The van der Waals surface area contributed by atoms with Crippen molar-refractivity contribution in [2.45, 2.75) is 13.0 Å². The third kappa shape index (κ3) is 2.97. The molecule has 0 aromatic heterocycles. The van der Waals surface area contributed by atoms with Crippen LogP contribution < -0.4 is 9.64 Å². The number of methoxy groups -OCH3 is 1. The van der Waals surface area contributed by atoms with E-state index in [9.17, 15) is 9.59 Å². The molecule has 1 fully saturated rings. The van der Waals surface area contributed by atoms with Gasteiger partial charge in [0.1, 0.15) is 11.8 Å². The highest BCUT2D eigenvalue weighted by molar-refractivity contribution is 6.03. The quantitative estimate of drug-likeness (QED) is 0.872. The van der Waals surface area contributed by atoms with E-state index in [4.69, 9.17) is 4.74 Å². The first-order valence-corrected chi connectivity index (χ1v) is 7.93. The first kappa shape index (κ1) is 16.1. The molecule has 0 bridgehead atoms. The number of piperazine rings is 1. The van der Waals surface area contributed by atoms with E-state index in [1.165, 1.54) is 0 Å². The number of carbonyl (C=O) groups excluding carboxylic acids is 2. The molecule has 124 valence electrons. The second-order valence-corrected chi connectivity index (χ2v) is 5.73. The van der Waals surface area contributed by atoms with Crippen molar-refractivity contribution in [2.24, 2.45) is 0 Å². The fourth-order valence-corrected chi connectivity index (χ4v) is 2.93. The summed E-state index contributed by atoms with van der Waals surface area (Å²) >= 11 is 0. The van der Waals surface area contributed by atoms with Crippen LogP contribution in [-0.2, 0) is 4.79 Å². The number of amides is 2. The van der Waals surface area contributed by atoms with Crippen molar-refractivity contribution in [3.63, 3.8) is 0 Å². The Kier molecular flexibility index (Phi) is 4.51. The zero-order chi connectivity index (χ0) is 17.1. The van der Waals surface area contributed by atoms with Gasteiger partial charge in [0.25, 0.3) is 5.91 Å². The third-order valence-electron chi connectivity index (χ3n) is 4.30. The first-order valence-electron chi connectivity index (χ1n) is 7.93. The van der Waals surface area contributed by atoms with E-state index in [0.29, 0.717) is 24.4 Å². The Morgan fingerprint density at radius 1 is 1.08 bits per heavy atom. The van der Waals surface area contributed by atoms with Gasteiger partial charge in [-0.25, -0.2) is 0 Å². The van der Waals surface area contributed by atoms with Crippen LogP contribution in [0.3, 0.4) is 0 Å². The van der Waals surface area contributed by atoms with E-state index in [0.717, 1.165) is 5.69 Å². The number of ether oxygens (including phenoxy) is 1. The van der Waals surface area contributed by atoms with Gasteiger partial charge in [-0.2, -0.15) is 0 Å². The monoisotopic (exact) mass is 324 g/mol. The minimum atomic E-state index is -0.502. The van der Waals surface area contributed by atoms with Gasteiger partial charge < -0.3 is 14.5 Å². The number of hydrogen-bond acceptors (Lipinski definition) is 3. The van der Waals surface area contributed by atoms with E-state index in [1.54, 1.807) is 36.0 Å². The van der Waals surface area contributed by atoms with E-state index in [-0.39, 0.29) is 11.8 Å². The Morgan fingerprint density at radius 2 is 1.83 bits per heavy atom. The molecule has 1 heterocycles. The van der Waals surface area contributed by atoms with E-state index < -0.39 is 6.04 Å². The van der Waals surface area contributed by atoms with Crippen LogP contribution in [0.2, 0.25) is 0 Å². The molecule has 0 spiro atoms. The average molecular weight is 324 g/mol. The molecule has 1 aliphatic heterocycles. The van der Waals surface area contributed by atoms with Gasteiger partial charge >= 0.3 is 0 Å². The maximum atomic E-state index is 12.8. The molecule has 0 N–H and O–H groups in total. The average Bonchev–Trinajstić information content (AvgIpc) is 2.64. The molecule has 2 aromatic carbocycles. The van der Waals surface area contributed by atoms with E-state index in [2.05, 4.69) is 0 Å². The van der Waals surface area contributed by atoms with Gasteiger partial charge in [-0.05, 0) is 31.2 Å². The highest BCUT2D eigenvalue weighted by Crippen LogP contribution is 2.25. The lowest BCUT2D eigenvalue weighted by molar-refractivity contribution is -0.124. The normalized spacial score (nSPS) is 17.8. The molecule has 1 saturated heterocycles.